The van der Waals surface area contributed by atoms with Gasteiger partial charge in [-0.1, -0.05) is 6.92 Å². The van der Waals surface area contributed by atoms with E-state index in [4.69, 9.17) is 9.47 Å². The van der Waals surface area contributed by atoms with E-state index in [1.165, 1.54) is 24.3 Å². The van der Waals surface area contributed by atoms with Gasteiger partial charge in [0, 0.05) is 6.42 Å². The fraction of sp³-hybridized carbons (Fsp3) is 0.235. The molecular formula is C17H18O5. The van der Waals surface area contributed by atoms with Crippen LogP contribution < -0.4 is 9.47 Å². The Morgan fingerprint density at radius 3 is 2.36 bits per heavy atom. The Morgan fingerprint density at radius 1 is 1.14 bits per heavy atom. The molecule has 1 atom stereocenters. The number of hydrogen-bond donors (Lipinski definition) is 2. The van der Waals surface area contributed by atoms with Crippen LogP contribution in [0.5, 0.6) is 17.2 Å². The van der Waals surface area contributed by atoms with Gasteiger partial charge in [-0.05, 0) is 55.0 Å². The minimum atomic E-state index is -0.866. The van der Waals surface area contributed by atoms with Gasteiger partial charge in [-0.15, -0.1) is 0 Å². The lowest BCUT2D eigenvalue weighted by Crippen LogP contribution is -2.14. The molecule has 2 N–H and O–H groups in total. The zero-order chi connectivity index (χ0) is 16.1. The van der Waals surface area contributed by atoms with E-state index in [0.29, 0.717) is 29.0 Å². The molecule has 2 rings (SSSR count). The Labute approximate surface area is 128 Å². The number of aliphatic hydroxyl groups excluding tert-OH is 1. The van der Waals surface area contributed by atoms with Crippen molar-refractivity contribution in [1.82, 2.24) is 0 Å². The Bertz CT molecular complexity index is 649. The van der Waals surface area contributed by atoms with Gasteiger partial charge in [0.2, 0.25) is 0 Å². The quantitative estimate of drug-likeness (QED) is 0.504. The second kappa shape index (κ2) is 6.95. The van der Waals surface area contributed by atoms with E-state index in [0.717, 1.165) is 0 Å². The third-order valence-electron chi connectivity index (χ3n) is 3.09. The number of esters is 1. The number of aliphatic hydroxyl groups is 1. The number of benzene rings is 2. The van der Waals surface area contributed by atoms with Gasteiger partial charge < -0.3 is 19.7 Å². The van der Waals surface area contributed by atoms with E-state index < -0.39 is 12.3 Å². The Hall–Kier alpha value is -2.53. The SMILES string of the molecule is CCC(O)Oc1ccc(C(=O)Oc2ccc(O)cc2)c(C)c1. The standard InChI is InChI=1S/C17H18O5/c1-3-16(19)21-14-8-9-15(11(2)10-14)17(20)22-13-6-4-12(18)5-7-13/h4-10,16,18-19H,3H2,1-2H3. The zero-order valence-electron chi connectivity index (χ0n) is 12.4. The van der Waals surface area contributed by atoms with Crippen LogP contribution in [0, 0.1) is 6.92 Å². The maximum Gasteiger partial charge on any atom is 0.343 e. The molecule has 2 aromatic rings. The van der Waals surface area contributed by atoms with Crippen molar-refractivity contribution in [1.29, 1.82) is 0 Å². The van der Waals surface area contributed by atoms with E-state index in [1.54, 1.807) is 32.0 Å². The first-order valence-electron chi connectivity index (χ1n) is 6.96. The molecule has 0 aliphatic rings. The maximum absolute atomic E-state index is 12.1. The lowest BCUT2D eigenvalue weighted by molar-refractivity contribution is -0.0191. The minimum absolute atomic E-state index is 0.104. The second-order valence-corrected chi connectivity index (χ2v) is 4.84. The molecule has 0 radical (unpaired) electrons. The van der Waals surface area contributed by atoms with Gasteiger partial charge in [0.1, 0.15) is 17.2 Å². The number of rotatable bonds is 5. The molecule has 22 heavy (non-hydrogen) atoms. The first-order valence-corrected chi connectivity index (χ1v) is 6.96. The highest BCUT2D eigenvalue weighted by Gasteiger charge is 2.13. The molecule has 0 aromatic heterocycles. The van der Waals surface area contributed by atoms with Gasteiger partial charge in [-0.2, -0.15) is 0 Å². The first kappa shape index (κ1) is 15.9. The van der Waals surface area contributed by atoms with Gasteiger partial charge in [0.05, 0.1) is 5.56 Å². The summed E-state index contributed by atoms with van der Waals surface area (Å²) >= 11 is 0. The summed E-state index contributed by atoms with van der Waals surface area (Å²) < 4.78 is 10.5. The van der Waals surface area contributed by atoms with E-state index >= 15 is 0 Å². The number of aryl methyl sites for hydroxylation is 1. The van der Waals surface area contributed by atoms with Crippen molar-refractivity contribution in [2.24, 2.45) is 0 Å². The van der Waals surface area contributed by atoms with Crippen molar-refractivity contribution in [3.8, 4) is 17.2 Å². The highest BCUT2D eigenvalue weighted by atomic mass is 16.6. The van der Waals surface area contributed by atoms with Gasteiger partial charge in [-0.25, -0.2) is 4.79 Å². The molecule has 0 bridgehead atoms. The third-order valence-corrected chi connectivity index (χ3v) is 3.09. The summed E-state index contributed by atoms with van der Waals surface area (Å²) in [5.74, 6) is 0.453. The Kier molecular flexibility index (Phi) is 5.01. The average Bonchev–Trinajstić information content (AvgIpc) is 2.49. The maximum atomic E-state index is 12.1. The topological polar surface area (TPSA) is 76.0 Å². The van der Waals surface area contributed by atoms with Crippen LogP contribution in [-0.2, 0) is 0 Å². The molecule has 0 saturated heterocycles. The highest BCUT2D eigenvalue weighted by Crippen LogP contribution is 2.21. The van der Waals surface area contributed by atoms with E-state index in [9.17, 15) is 15.0 Å². The van der Waals surface area contributed by atoms with Crippen LogP contribution in [0.25, 0.3) is 0 Å². The van der Waals surface area contributed by atoms with Crippen LogP contribution in [0.15, 0.2) is 42.5 Å². The predicted molar refractivity (Wildman–Crippen MR) is 81.2 cm³/mol. The van der Waals surface area contributed by atoms with Crippen LogP contribution >= 0.6 is 0 Å². The summed E-state index contributed by atoms with van der Waals surface area (Å²) in [5.41, 5.74) is 1.09. The predicted octanol–water partition coefficient (Wildman–Crippen LogP) is 3.03. The normalized spacial score (nSPS) is 11.8. The van der Waals surface area contributed by atoms with E-state index in [2.05, 4.69) is 0 Å². The van der Waals surface area contributed by atoms with Gasteiger partial charge in [-0.3, -0.25) is 0 Å². The first-order chi connectivity index (χ1) is 10.5. The number of carbonyl (C=O) groups excluding carboxylic acids is 1. The second-order valence-electron chi connectivity index (χ2n) is 4.84. The van der Waals surface area contributed by atoms with Crippen molar-refractivity contribution in [2.75, 3.05) is 0 Å². The summed E-state index contributed by atoms with van der Waals surface area (Å²) in [4.78, 5) is 12.1. The van der Waals surface area contributed by atoms with Crippen molar-refractivity contribution >= 4 is 5.97 Å². The number of aromatic hydroxyl groups is 1. The van der Waals surface area contributed by atoms with E-state index in [-0.39, 0.29) is 5.75 Å². The number of phenols is 1. The van der Waals surface area contributed by atoms with Crippen LogP contribution in [0.4, 0.5) is 0 Å². The number of phenolic OH excluding ortho intramolecular Hbond substituents is 1. The minimum Gasteiger partial charge on any atom is -0.508 e. The van der Waals surface area contributed by atoms with Crippen LogP contribution in [0.2, 0.25) is 0 Å². The smallest absolute Gasteiger partial charge is 0.343 e. The summed E-state index contributed by atoms with van der Waals surface area (Å²) in [6, 6.07) is 10.8. The molecule has 5 heteroatoms. The van der Waals surface area contributed by atoms with Crippen molar-refractivity contribution in [3.05, 3.63) is 53.6 Å². The summed E-state index contributed by atoms with van der Waals surface area (Å²) in [5, 5.41) is 18.7. The molecule has 116 valence electrons. The summed E-state index contributed by atoms with van der Waals surface area (Å²) in [7, 11) is 0. The molecule has 2 aromatic carbocycles. The van der Waals surface area contributed by atoms with Crippen LogP contribution in [0.3, 0.4) is 0 Å². The Balaban J connectivity index is 2.11. The molecule has 0 fully saturated rings. The van der Waals surface area contributed by atoms with Crippen LogP contribution in [0.1, 0.15) is 29.3 Å². The largest absolute Gasteiger partial charge is 0.508 e. The van der Waals surface area contributed by atoms with Crippen LogP contribution in [-0.4, -0.2) is 22.5 Å². The third kappa shape index (κ3) is 3.99. The molecule has 5 nitrogen and oxygen atoms in total. The molecule has 1 unspecified atom stereocenters. The number of hydrogen-bond acceptors (Lipinski definition) is 5. The lowest BCUT2D eigenvalue weighted by atomic mass is 10.1. The van der Waals surface area contributed by atoms with Crippen molar-refractivity contribution in [3.63, 3.8) is 0 Å². The van der Waals surface area contributed by atoms with Gasteiger partial charge >= 0.3 is 5.97 Å². The summed E-state index contributed by atoms with van der Waals surface area (Å²) in [6.45, 7) is 3.57. The fourth-order valence-electron chi connectivity index (χ4n) is 1.86. The van der Waals surface area contributed by atoms with Gasteiger partial charge in [0.15, 0.2) is 6.29 Å². The number of ether oxygens (including phenoxy) is 2. The number of carbonyl (C=O) groups is 1. The average molecular weight is 302 g/mol. The molecule has 0 heterocycles. The Morgan fingerprint density at radius 2 is 1.77 bits per heavy atom. The zero-order valence-corrected chi connectivity index (χ0v) is 12.4. The highest BCUT2D eigenvalue weighted by molar-refractivity contribution is 5.92. The van der Waals surface area contributed by atoms with E-state index in [1.807, 2.05) is 0 Å². The molecule has 0 saturated carbocycles. The summed E-state index contributed by atoms with van der Waals surface area (Å²) in [6.07, 6.45) is -0.391. The molecule has 0 aliphatic heterocycles. The van der Waals surface area contributed by atoms with Gasteiger partial charge in [0.25, 0.3) is 0 Å². The molecule has 0 amide bonds. The fourth-order valence-corrected chi connectivity index (χ4v) is 1.86. The molecular weight excluding hydrogens is 284 g/mol. The molecule has 0 aliphatic carbocycles. The van der Waals surface area contributed by atoms with Crippen molar-refractivity contribution in [2.45, 2.75) is 26.6 Å². The monoisotopic (exact) mass is 302 g/mol. The lowest BCUT2D eigenvalue weighted by Gasteiger charge is -2.13. The van der Waals surface area contributed by atoms with Crippen molar-refractivity contribution < 1.29 is 24.5 Å². The molecule has 0 spiro atoms.